The SMILES string of the molecule is CC(=O)NC(CN(C)CC(F)(F)F)C(=O)O. The van der Waals surface area contributed by atoms with Gasteiger partial charge in [-0.1, -0.05) is 0 Å². The number of nitrogens with zero attached hydrogens (tertiary/aromatic N) is 1. The molecule has 0 aliphatic rings. The monoisotopic (exact) mass is 242 g/mol. The molecule has 16 heavy (non-hydrogen) atoms. The van der Waals surface area contributed by atoms with Gasteiger partial charge in [0.15, 0.2) is 0 Å². The number of rotatable bonds is 5. The number of likely N-dealkylation sites (N-methyl/N-ethyl adjacent to an activating group) is 1. The molecule has 2 N–H and O–H groups in total. The minimum atomic E-state index is -4.39. The summed E-state index contributed by atoms with van der Waals surface area (Å²) in [4.78, 5) is 22.0. The van der Waals surface area contributed by atoms with E-state index in [0.29, 0.717) is 0 Å². The Morgan fingerprint density at radius 2 is 1.94 bits per heavy atom. The van der Waals surface area contributed by atoms with E-state index in [1.807, 2.05) is 5.32 Å². The lowest BCUT2D eigenvalue weighted by atomic mass is 10.2. The van der Waals surface area contributed by atoms with Gasteiger partial charge in [0.05, 0.1) is 6.54 Å². The molecule has 0 saturated carbocycles. The average molecular weight is 242 g/mol. The van der Waals surface area contributed by atoms with Crippen LogP contribution in [-0.2, 0) is 9.59 Å². The van der Waals surface area contributed by atoms with E-state index < -0.39 is 37.2 Å². The van der Waals surface area contributed by atoms with Crippen LogP contribution in [0.2, 0.25) is 0 Å². The van der Waals surface area contributed by atoms with Gasteiger partial charge >= 0.3 is 12.1 Å². The highest BCUT2D eigenvalue weighted by Gasteiger charge is 2.31. The summed E-state index contributed by atoms with van der Waals surface area (Å²) in [5.74, 6) is -1.97. The van der Waals surface area contributed by atoms with Crippen LogP contribution in [0.4, 0.5) is 13.2 Å². The molecule has 0 fully saturated rings. The molecular weight excluding hydrogens is 229 g/mol. The number of nitrogens with one attached hydrogen (secondary N) is 1. The fourth-order valence-corrected chi connectivity index (χ4v) is 1.11. The Morgan fingerprint density at radius 1 is 1.44 bits per heavy atom. The summed E-state index contributed by atoms with van der Waals surface area (Å²) in [7, 11) is 1.13. The lowest BCUT2D eigenvalue weighted by Gasteiger charge is -2.22. The molecule has 0 aliphatic heterocycles. The molecule has 0 aliphatic carbocycles. The quantitative estimate of drug-likeness (QED) is 0.715. The number of hydrogen-bond acceptors (Lipinski definition) is 3. The number of halogens is 3. The van der Waals surface area contributed by atoms with Gasteiger partial charge in [-0.15, -0.1) is 0 Å². The van der Waals surface area contributed by atoms with Crippen molar-refractivity contribution in [3.05, 3.63) is 0 Å². The van der Waals surface area contributed by atoms with Crippen molar-refractivity contribution in [2.24, 2.45) is 0 Å². The summed E-state index contributed by atoms with van der Waals surface area (Å²) in [6, 6.07) is -1.34. The van der Waals surface area contributed by atoms with Gasteiger partial charge in [0.25, 0.3) is 0 Å². The smallest absolute Gasteiger partial charge is 0.401 e. The highest BCUT2D eigenvalue weighted by molar-refractivity contribution is 5.82. The number of carbonyl (C=O) groups is 2. The molecule has 1 unspecified atom stereocenters. The van der Waals surface area contributed by atoms with Gasteiger partial charge in [-0.05, 0) is 7.05 Å². The van der Waals surface area contributed by atoms with E-state index in [9.17, 15) is 22.8 Å². The first-order valence-corrected chi connectivity index (χ1v) is 4.37. The number of carbonyl (C=O) groups excluding carboxylic acids is 1. The molecule has 1 amide bonds. The molecule has 0 rings (SSSR count). The summed E-state index contributed by atoms with van der Waals surface area (Å²) in [5, 5.41) is 10.7. The molecule has 0 radical (unpaired) electrons. The van der Waals surface area contributed by atoms with Crippen molar-refractivity contribution in [3.63, 3.8) is 0 Å². The maximum absolute atomic E-state index is 11.9. The Morgan fingerprint density at radius 3 is 2.25 bits per heavy atom. The van der Waals surface area contributed by atoms with Crippen molar-refractivity contribution < 1.29 is 27.9 Å². The minimum absolute atomic E-state index is 0.408. The number of hydrogen-bond donors (Lipinski definition) is 2. The molecule has 0 spiro atoms. The maximum Gasteiger partial charge on any atom is 0.401 e. The Balaban J connectivity index is 4.29. The zero-order chi connectivity index (χ0) is 12.9. The predicted octanol–water partition coefficient (Wildman–Crippen LogP) is 0.0698. The van der Waals surface area contributed by atoms with Crippen LogP contribution < -0.4 is 5.32 Å². The van der Waals surface area contributed by atoms with E-state index in [1.165, 1.54) is 0 Å². The van der Waals surface area contributed by atoms with E-state index in [4.69, 9.17) is 5.11 Å². The van der Waals surface area contributed by atoms with E-state index in [-0.39, 0.29) is 0 Å². The zero-order valence-electron chi connectivity index (χ0n) is 8.84. The number of carboxylic acids is 1. The van der Waals surface area contributed by atoms with E-state index >= 15 is 0 Å². The van der Waals surface area contributed by atoms with Gasteiger partial charge in [-0.3, -0.25) is 9.69 Å². The van der Waals surface area contributed by atoms with Crippen LogP contribution in [0.15, 0.2) is 0 Å². The summed E-state index contributed by atoms with van der Waals surface area (Å²) in [5.41, 5.74) is 0. The molecular formula is C8H13F3N2O3. The fourth-order valence-electron chi connectivity index (χ4n) is 1.11. The van der Waals surface area contributed by atoms with Crippen LogP contribution in [0.1, 0.15) is 6.92 Å². The second-order valence-electron chi connectivity index (χ2n) is 3.40. The van der Waals surface area contributed by atoms with Crippen molar-refractivity contribution in [1.82, 2.24) is 10.2 Å². The van der Waals surface area contributed by atoms with Gasteiger partial charge < -0.3 is 10.4 Å². The Bertz CT molecular complexity index is 268. The summed E-state index contributed by atoms with van der Waals surface area (Å²) in [6.45, 7) is -0.537. The molecule has 0 aromatic heterocycles. The highest BCUT2D eigenvalue weighted by Crippen LogP contribution is 2.15. The first-order valence-electron chi connectivity index (χ1n) is 4.37. The first kappa shape index (κ1) is 14.7. The first-order chi connectivity index (χ1) is 7.11. The molecule has 1 atom stereocenters. The van der Waals surface area contributed by atoms with Gasteiger partial charge in [0.2, 0.25) is 5.91 Å². The maximum atomic E-state index is 11.9. The summed E-state index contributed by atoms with van der Waals surface area (Å²) < 4.78 is 35.8. The molecule has 0 saturated heterocycles. The largest absolute Gasteiger partial charge is 0.480 e. The van der Waals surface area contributed by atoms with Crippen LogP contribution in [0, 0.1) is 0 Å². The van der Waals surface area contributed by atoms with E-state index in [2.05, 4.69) is 0 Å². The van der Waals surface area contributed by atoms with Crippen molar-refractivity contribution in [2.75, 3.05) is 20.1 Å². The molecule has 94 valence electrons. The molecule has 0 aromatic rings. The second kappa shape index (κ2) is 5.69. The average Bonchev–Trinajstić information content (AvgIpc) is 1.97. The van der Waals surface area contributed by atoms with Crippen molar-refractivity contribution in [3.8, 4) is 0 Å². The Hall–Kier alpha value is -1.31. The summed E-state index contributed by atoms with van der Waals surface area (Å²) in [6.07, 6.45) is -4.39. The van der Waals surface area contributed by atoms with Gasteiger partial charge in [0.1, 0.15) is 6.04 Å². The van der Waals surface area contributed by atoms with Gasteiger partial charge in [-0.25, -0.2) is 4.79 Å². The van der Waals surface area contributed by atoms with Crippen molar-refractivity contribution in [1.29, 1.82) is 0 Å². The lowest BCUT2D eigenvalue weighted by molar-refractivity contribution is -0.150. The fraction of sp³-hybridized carbons (Fsp3) is 0.750. The zero-order valence-corrected chi connectivity index (χ0v) is 8.84. The van der Waals surface area contributed by atoms with Crippen LogP contribution in [0.25, 0.3) is 0 Å². The topological polar surface area (TPSA) is 69.6 Å². The van der Waals surface area contributed by atoms with Crippen molar-refractivity contribution >= 4 is 11.9 Å². The van der Waals surface area contributed by atoms with Crippen LogP contribution in [-0.4, -0.2) is 54.2 Å². The molecule has 0 bridgehead atoms. The second-order valence-corrected chi connectivity index (χ2v) is 3.40. The van der Waals surface area contributed by atoms with Crippen LogP contribution in [0.5, 0.6) is 0 Å². The van der Waals surface area contributed by atoms with Crippen LogP contribution >= 0.6 is 0 Å². The van der Waals surface area contributed by atoms with Gasteiger partial charge in [0, 0.05) is 13.5 Å². The normalized spacial score (nSPS) is 13.6. The lowest BCUT2D eigenvalue weighted by Crippen LogP contribution is -2.48. The molecule has 0 heterocycles. The number of amides is 1. The number of alkyl halides is 3. The minimum Gasteiger partial charge on any atom is -0.480 e. The molecule has 5 nitrogen and oxygen atoms in total. The Labute approximate surface area is 90.2 Å². The third kappa shape index (κ3) is 7.04. The third-order valence-electron chi connectivity index (χ3n) is 1.62. The standard InChI is InChI=1S/C8H13F3N2O3/c1-5(14)12-6(7(15)16)3-13(2)4-8(9,10)11/h6H,3-4H2,1-2H3,(H,12,14)(H,15,16). The number of carboxylic acid groups (broad SMARTS) is 1. The van der Waals surface area contributed by atoms with E-state index in [0.717, 1.165) is 18.9 Å². The van der Waals surface area contributed by atoms with Gasteiger partial charge in [-0.2, -0.15) is 13.2 Å². The van der Waals surface area contributed by atoms with Crippen LogP contribution in [0.3, 0.4) is 0 Å². The summed E-state index contributed by atoms with van der Waals surface area (Å²) >= 11 is 0. The number of aliphatic carboxylic acids is 1. The third-order valence-corrected chi connectivity index (χ3v) is 1.62. The Kier molecular flexibility index (Phi) is 5.22. The van der Waals surface area contributed by atoms with Crippen molar-refractivity contribution in [2.45, 2.75) is 19.1 Å². The predicted molar refractivity (Wildman–Crippen MR) is 48.8 cm³/mol. The molecule has 8 heteroatoms. The highest BCUT2D eigenvalue weighted by atomic mass is 19.4. The molecule has 0 aromatic carbocycles. The van der Waals surface area contributed by atoms with E-state index in [1.54, 1.807) is 0 Å².